The fourth-order valence-corrected chi connectivity index (χ4v) is 1.82. The Kier molecular flexibility index (Phi) is 3.00. The van der Waals surface area contributed by atoms with Gasteiger partial charge in [0.1, 0.15) is 0 Å². The Hall–Kier alpha value is -0.650. The Morgan fingerprint density at radius 1 is 1.43 bits per heavy atom. The minimum Gasteiger partial charge on any atom is -0.376 e. The van der Waals surface area contributed by atoms with E-state index in [9.17, 15) is 4.79 Å². The second kappa shape index (κ2) is 4.25. The number of hydrogen-bond donors (Lipinski definition) is 1. The van der Waals surface area contributed by atoms with E-state index in [1.807, 2.05) is 0 Å². The van der Waals surface area contributed by atoms with Gasteiger partial charge < -0.3 is 20.1 Å². The van der Waals surface area contributed by atoms with Gasteiger partial charge in [-0.15, -0.1) is 0 Å². The zero-order valence-corrected chi connectivity index (χ0v) is 8.15. The number of amides is 1. The first kappa shape index (κ1) is 9.89. The molecule has 0 aromatic heterocycles. The molecule has 0 aromatic carbocycles. The van der Waals surface area contributed by atoms with Crippen LogP contribution in [0.25, 0.3) is 0 Å². The second-order valence-corrected chi connectivity index (χ2v) is 3.77. The molecule has 14 heavy (non-hydrogen) atoms. The fraction of sp³-hybridized carbons (Fsp3) is 0.889. The molecule has 2 heterocycles. The van der Waals surface area contributed by atoms with Gasteiger partial charge in [-0.05, 0) is 6.42 Å². The predicted molar refractivity (Wildman–Crippen MR) is 49.7 cm³/mol. The van der Waals surface area contributed by atoms with Crippen molar-refractivity contribution < 1.29 is 14.3 Å². The molecule has 0 spiro atoms. The summed E-state index contributed by atoms with van der Waals surface area (Å²) in [5, 5.41) is 0. The summed E-state index contributed by atoms with van der Waals surface area (Å²) < 4.78 is 10.5. The van der Waals surface area contributed by atoms with E-state index in [2.05, 4.69) is 0 Å². The summed E-state index contributed by atoms with van der Waals surface area (Å²) in [6.45, 7) is 2.88. The average Bonchev–Trinajstić information content (AvgIpc) is 2.65. The molecule has 0 aromatic rings. The van der Waals surface area contributed by atoms with Crippen molar-refractivity contribution >= 4 is 5.91 Å². The Labute approximate surface area is 83.1 Å². The van der Waals surface area contributed by atoms with E-state index < -0.39 is 6.10 Å². The van der Waals surface area contributed by atoms with Crippen LogP contribution in [-0.2, 0) is 14.3 Å². The summed E-state index contributed by atoms with van der Waals surface area (Å²) in [5.74, 6) is 0.0256. The van der Waals surface area contributed by atoms with Crippen LogP contribution < -0.4 is 5.73 Å². The van der Waals surface area contributed by atoms with Crippen molar-refractivity contribution in [1.82, 2.24) is 4.90 Å². The lowest BCUT2D eigenvalue weighted by atomic mass is 10.3. The third kappa shape index (κ3) is 2.05. The van der Waals surface area contributed by atoms with E-state index in [1.54, 1.807) is 4.90 Å². The SMILES string of the molecule is N[C@@H]1CCN(C(=O)C2COCCO2)C1. The molecule has 80 valence electrons. The quantitative estimate of drug-likeness (QED) is 0.587. The minimum atomic E-state index is -0.408. The van der Waals surface area contributed by atoms with Gasteiger partial charge in [0.05, 0.1) is 19.8 Å². The largest absolute Gasteiger partial charge is 0.376 e. The van der Waals surface area contributed by atoms with E-state index in [0.29, 0.717) is 26.4 Å². The highest BCUT2D eigenvalue weighted by Crippen LogP contribution is 2.11. The van der Waals surface area contributed by atoms with Crippen LogP contribution in [0, 0.1) is 0 Å². The maximum atomic E-state index is 11.8. The highest BCUT2D eigenvalue weighted by atomic mass is 16.6. The molecule has 2 N–H and O–H groups in total. The summed E-state index contributed by atoms with van der Waals surface area (Å²) >= 11 is 0. The molecule has 1 unspecified atom stereocenters. The maximum absolute atomic E-state index is 11.8. The number of nitrogens with zero attached hydrogens (tertiary/aromatic N) is 1. The van der Waals surface area contributed by atoms with Crippen LogP contribution in [0.1, 0.15) is 6.42 Å². The van der Waals surface area contributed by atoms with Crippen LogP contribution in [0.15, 0.2) is 0 Å². The van der Waals surface area contributed by atoms with Crippen LogP contribution in [-0.4, -0.2) is 55.9 Å². The van der Waals surface area contributed by atoms with Crippen molar-refractivity contribution in [3.8, 4) is 0 Å². The molecule has 5 nitrogen and oxygen atoms in total. The van der Waals surface area contributed by atoms with Crippen LogP contribution in [0.3, 0.4) is 0 Å². The van der Waals surface area contributed by atoms with Gasteiger partial charge in [0, 0.05) is 19.1 Å². The van der Waals surface area contributed by atoms with Gasteiger partial charge in [-0.25, -0.2) is 0 Å². The topological polar surface area (TPSA) is 64.8 Å². The Morgan fingerprint density at radius 2 is 2.29 bits per heavy atom. The van der Waals surface area contributed by atoms with Crippen LogP contribution in [0.2, 0.25) is 0 Å². The third-order valence-electron chi connectivity index (χ3n) is 2.63. The summed E-state index contributed by atoms with van der Waals surface area (Å²) in [6.07, 6.45) is 0.480. The molecular weight excluding hydrogens is 184 g/mol. The molecule has 2 aliphatic heterocycles. The van der Waals surface area contributed by atoms with Gasteiger partial charge in [-0.1, -0.05) is 0 Å². The number of likely N-dealkylation sites (tertiary alicyclic amines) is 1. The molecule has 2 saturated heterocycles. The van der Waals surface area contributed by atoms with E-state index >= 15 is 0 Å². The van der Waals surface area contributed by atoms with Crippen molar-refractivity contribution in [2.75, 3.05) is 32.9 Å². The highest BCUT2D eigenvalue weighted by molar-refractivity contribution is 5.81. The van der Waals surface area contributed by atoms with Gasteiger partial charge >= 0.3 is 0 Å². The zero-order valence-electron chi connectivity index (χ0n) is 8.15. The van der Waals surface area contributed by atoms with Gasteiger partial charge in [0.15, 0.2) is 6.10 Å². The molecular formula is C9H16N2O3. The first-order valence-electron chi connectivity index (χ1n) is 5.01. The van der Waals surface area contributed by atoms with E-state index in [-0.39, 0.29) is 11.9 Å². The lowest BCUT2D eigenvalue weighted by molar-refractivity contribution is -0.156. The average molecular weight is 200 g/mol. The van der Waals surface area contributed by atoms with Crippen LogP contribution >= 0.6 is 0 Å². The second-order valence-electron chi connectivity index (χ2n) is 3.77. The van der Waals surface area contributed by atoms with Crippen LogP contribution in [0.5, 0.6) is 0 Å². The van der Waals surface area contributed by atoms with E-state index in [1.165, 1.54) is 0 Å². The van der Waals surface area contributed by atoms with Gasteiger partial charge in [0.25, 0.3) is 5.91 Å². The molecule has 1 amide bonds. The molecule has 2 fully saturated rings. The highest BCUT2D eigenvalue weighted by Gasteiger charge is 2.31. The monoisotopic (exact) mass is 200 g/mol. The standard InChI is InChI=1S/C9H16N2O3/c10-7-1-2-11(5-7)9(12)8-6-13-3-4-14-8/h7-8H,1-6,10H2/t7-,8?/m1/s1. The van der Waals surface area contributed by atoms with Crippen LogP contribution in [0.4, 0.5) is 0 Å². The number of nitrogens with two attached hydrogens (primary N) is 1. The third-order valence-corrected chi connectivity index (χ3v) is 2.63. The first-order valence-corrected chi connectivity index (χ1v) is 5.01. The Bertz CT molecular complexity index is 209. The number of carbonyl (C=O) groups excluding carboxylic acids is 1. The minimum absolute atomic E-state index is 0.0256. The van der Waals surface area contributed by atoms with Gasteiger partial charge in [-0.3, -0.25) is 4.79 Å². The zero-order chi connectivity index (χ0) is 9.97. The Morgan fingerprint density at radius 3 is 2.86 bits per heavy atom. The van der Waals surface area contributed by atoms with Gasteiger partial charge in [0.2, 0.25) is 0 Å². The molecule has 2 atom stereocenters. The normalized spacial score (nSPS) is 33.4. The lowest BCUT2D eigenvalue weighted by Gasteiger charge is -2.26. The van der Waals surface area contributed by atoms with Crippen molar-refractivity contribution in [1.29, 1.82) is 0 Å². The molecule has 0 radical (unpaired) electrons. The summed E-state index contributed by atoms with van der Waals surface area (Å²) in [5.41, 5.74) is 5.73. The summed E-state index contributed by atoms with van der Waals surface area (Å²) in [7, 11) is 0. The number of ether oxygens (including phenoxy) is 2. The Balaban J connectivity index is 1.87. The number of rotatable bonds is 1. The van der Waals surface area contributed by atoms with Gasteiger partial charge in [-0.2, -0.15) is 0 Å². The molecule has 0 bridgehead atoms. The maximum Gasteiger partial charge on any atom is 0.254 e. The van der Waals surface area contributed by atoms with E-state index in [4.69, 9.17) is 15.2 Å². The first-order chi connectivity index (χ1) is 6.77. The molecule has 0 aliphatic carbocycles. The number of hydrogen-bond acceptors (Lipinski definition) is 4. The molecule has 2 aliphatic rings. The molecule has 0 saturated carbocycles. The van der Waals surface area contributed by atoms with E-state index in [0.717, 1.165) is 13.0 Å². The summed E-state index contributed by atoms with van der Waals surface area (Å²) in [6, 6.07) is 0.128. The smallest absolute Gasteiger partial charge is 0.254 e. The van der Waals surface area contributed by atoms with Crippen molar-refractivity contribution in [2.45, 2.75) is 18.6 Å². The molecule has 5 heteroatoms. The lowest BCUT2D eigenvalue weighted by Crippen LogP contribution is -2.45. The van der Waals surface area contributed by atoms with Crippen molar-refractivity contribution in [3.63, 3.8) is 0 Å². The predicted octanol–water partition coefficient (Wildman–Crippen LogP) is -1.04. The number of carbonyl (C=O) groups is 1. The summed E-state index contributed by atoms with van der Waals surface area (Å²) in [4.78, 5) is 13.6. The fourth-order valence-electron chi connectivity index (χ4n) is 1.82. The molecule has 2 rings (SSSR count). The van der Waals surface area contributed by atoms with Crippen molar-refractivity contribution in [3.05, 3.63) is 0 Å². The van der Waals surface area contributed by atoms with Crippen molar-refractivity contribution in [2.24, 2.45) is 5.73 Å².